The number of rotatable bonds is 5. The number of aliphatic carboxylic acids is 1. The van der Waals surface area contributed by atoms with Gasteiger partial charge in [-0.25, -0.2) is 4.79 Å². The highest BCUT2D eigenvalue weighted by Crippen LogP contribution is 2.16. The highest BCUT2D eigenvalue weighted by Gasteiger charge is 2.38. The smallest absolute Gasteiger partial charge is 0.329 e. The van der Waals surface area contributed by atoms with Gasteiger partial charge in [-0.3, -0.25) is 4.79 Å². The minimum atomic E-state index is -1.11. The fraction of sp³-hybridized carbons (Fsp3) is 0.818. The normalized spacial score (nSPS) is 20.8. The van der Waals surface area contributed by atoms with Crippen LogP contribution in [0.25, 0.3) is 0 Å². The van der Waals surface area contributed by atoms with Crippen molar-refractivity contribution in [3.05, 3.63) is 0 Å². The van der Waals surface area contributed by atoms with Gasteiger partial charge in [-0.1, -0.05) is 13.8 Å². The average molecular weight is 228 g/mol. The molecule has 0 spiro atoms. The maximum Gasteiger partial charge on any atom is 0.329 e. The number of hydrogen-bond acceptors (Lipinski definition) is 3. The van der Waals surface area contributed by atoms with Crippen molar-refractivity contribution in [3.63, 3.8) is 0 Å². The Morgan fingerprint density at radius 3 is 2.44 bits per heavy atom. The number of amides is 1. The highest BCUT2D eigenvalue weighted by molar-refractivity contribution is 5.89. The summed E-state index contributed by atoms with van der Waals surface area (Å²) in [5, 5.41) is 14.9. The van der Waals surface area contributed by atoms with Gasteiger partial charge in [-0.15, -0.1) is 0 Å². The number of nitrogens with one attached hydrogen (secondary N) is 2. The maximum atomic E-state index is 11.8. The molecular weight excluding hydrogens is 208 g/mol. The standard InChI is InChI=1S/C11H20N2O3/c1-3-11(4-2,10(15)16)13-9(14)8-6-5-7-12-8/h8,12H,3-7H2,1-2H3,(H,13,14)(H,15,16)/t8-/m0/s1. The zero-order valence-electron chi connectivity index (χ0n) is 9.88. The predicted molar refractivity (Wildman–Crippen MR) is 60.1 cm³/mol. The number of carbonyl (C=O) groups is 2. The lowest BCUT2D eigenvalue weighted by Crippen LogP contribution is -2.57. The van der Waals surface area contributed by atoms with Crippen molar-refractivity contribution in [1.29, 1.82) is 0 Å². The molecule has 0 radical (unpaired) electrons. The average Bonchev–Trinajstić information content (AvgIpc) is 2.78. The molecule has 16 heavy (non-hydrogen) atoms. The van der Waals surface area contributed by atoms with Crippen LogP contribution in [0.3, 0.4) is 0 Å². The Kier molecular flexibility index (Phi) is 4.29. The van der Waals surface area contributed by atoms with E-state index in [-0.39, 0.29) is 11.9 Å². The fourth-order valence-corrected chi connectivity index (χ4v) is 2.01. The lowest BCUT2D eigenvalue weighted by Gasteiger charge is -2.29. The molecule has 1 aliphatic rings. The van der Waals surface area contributed by atoms with Crippen molar-refractivity contribution in [1.82, 2.24) is 10.6 Å². The van der Waals surface area contributed by atoms with Crippen LogP contribution in [0.1, 0.15) is 39.5 Å². The Labute approximate surface area is 95.6 Å². The zero-order valence-corrected chi connectivity index (χ0v) is 9.88. The summed E-state index contributed by atoms with van der Waals surface area (Å²) in [5.74, 6) is -1.15. The summed E-state index contributed by atoms with van der Waals surface area (Å²) >= 11 is 0. The topological polar surface area (TPSA) is 78.4 Å². The minimum Gasteiger partial charge on any atom is -0.480 e. The SMILES string of the molecule is CCC(CC)(NC(=O)[C@@H]1CCCN1)C(=O)O. The van der Waals surface area contributed by atoms with E-state index in [0.29, 0.717) is 12.8 Å². The van der Waals surface area contributed by atoms with Crippen molar-refractivity contribution in [2.75, 3.05) is 6.54 Å². The molecule has 1 fully saturated rings. The third-order valence-corrected chi connectivity index (χ3v) is 3.36. The molecule has 0 aromatic rings. The van der Waals surface area contributed by atoms with Gasteiger partial charge in [0.15, 0.2) is 0 Å². The van der Waals surface area contributed by atoms with Crippen LogP contribution in [-0.4, -0.2) is 35.1 Å². The molecule has 3 N–H and O–H groups in total. The molecule has 0 saturated carbocycles. The van der Waals surface area contributed by atoms with E-state index in [1.54, 1.807) is 13.8 Å². The second kappa shape index (κ2) is 5.30. The Bertz CT molecular complexity index is 268. The summed E-state index contributed by atoms with van der Waals surface area (Å²) in [6.45, 7) is 4.39. The molecule has 0 aromatic carbocycles. The number of carboxylic acid groups (broad SMARTS) is 1. The minimum absolute atomic E-state index is 0.191. The number of carbonyl (C=O) groups excluding carboxylic acids is 1. The largest absolute Gasteiger partial charge is 0.480 e. The van der Waals surface area contributed by atoms with Crippen molar-refractivity contribution in [2.45, 2.75) is 51.1 Å². The predicted octanol–water partition coefficient (Wildman–Crippen LogP) is 0.498. The summed E-state index contributed by atoms with van der Waals surface area (Å²) in [4.78, 5) is 23.0. The summed E-state index contributed by atoms with van der Waals surface area (Å²) in [6, 6.07) is -0.225. The van der Waals surface area contributed by atoms with E-state index < -0.39 is 11.5 Å². The molecular formula is C11H20N2O3. The Balaban J connectivity index is 2.67. The van der Waals surface area contributed by atoms with Crippen molar-refractivity contribution >= 4 is 11.9 Å². The lowest BCUT2D eigenvalue weighted by molar-refractivity contribution is -0.148. The van der Waals surface area contributed by atoms with Crippen LogP contribution in [-0.2, 0) is 9.59 Å². The van der Waals surface area contributed by atoms with Gasteiger partial charge < -0.3 is 15.7 Å². The van der Waals surface area contributed by atoms with Crippen LogP contribution in [0.2, 0.25) is 0 Å². The van der Waals surface area contributed by atoms with Gasteiger partial charge in [0, 0.05) is 0 Å². The molecule has 1 heterocycles. The Morgan fingerprint density at radius 1 is 1.44 bits per heavy atom. The maximum absolute atomic E-state index is 11.8. The second-order valence-electron chi connectivity index (χ2n) is 4.23. The van der Waals surface area contributed by atoms with E-state index in [1.807, 2.05) is 0 Å². The quantitative estimate of drug-likeness (QED) is 0.640. The molecule has 92 valence electrons. The van der Waals surface area contributed by atoms with E-state index in [9.17, 15) is 14.7 Å². The van der Waals surface area contributed by atoms with Gasteiger partial charge >= 0.3 is 5.97 Å². The summed E-state index contributed by atoms with van der Waals surface area (Å²) in [6.07, 6.45) is 2.56. The molecule has 1 amide bonds. The third kappa shape index (κ3) is 2.52. The summed E-state index contributed by atoms with van der Waals surface area (Å²) in [7, 11) is 0. The van der Waals surface area contributed by atoms with E-state index >= 15 is 0 Å². The van der Waals surface area contributed by atoms with Crippen LogP contribution in [0.15, 0.2) is 0 Å². The zero-order chi connectivity index (χ0) is 12.2. The van der Waals surface area contributed by atoms with Crippen molar-refractivity contribution in [2.24, 2.45) is 0 Å². The van der Waals surface area contributed by atoms with Crippen LogP contribution < -0.4 is 10.6 Å². The van der Waals surface area contributed by atoms with Crippen molar-refractivity contribution in [3.8, 4) is 0 Å². The molecule has 5 heteroatoms. The van der Waals surface area contributed by atoms with Gasteiger partial charge in [0.2, 0.25) is 5.91 Å². The van der Waals surface area contributed by atoms with E-state index in [4.69, 9.17) is 0 Å². The summed E-state index contributed by atoms with van der Waals surface area (Å²) < 4.78 is 0. The van der Waals surface area contributed by atoms with Gasteiger partial charge in [0.05, 0.1) is 6.04 Å². The van der Waals surface area contributed by atoms with E-state index in [2.05, 4.69) is 10.6 Å². The molecule has 0 bridgehead atoms. The molecule has 0 aliphatic carbocycles. The molecule has 0 aromatic heterocycles. The van der Waals surface area contributed by atoms with Crippen molar-refractivity contribution < 1.29 is 14.7 Å². The first-order valence-corrected chi connectivity index (χ1v) is 5.84. The second-order valence-corrected chi connectivity index (χ2v) is 4.23. The van der Waals surface area contributed by atoms with Crippen LogP contribution in [0.5, 0.6) is 0 Å². The number of hydrogen-bond donors (Lipinski definition) is 3. The molecule has 1 saturated heterocycles. The van der Waals surface area contributed by atoms with Gasteiger partial charge in [-0.2, -0.15) is 0 Å². The Morgan fingerprint density at radius 2 is 2.06 bits per heavy atom. The molecule has 5 nitrogen and oxygen atoms in total. The highest BCUT2D eigenvalue weighted by atomic mass is 16.4. The first-order chi connectivity index (χ1) is 7.55. The van der Waals surface area contributed by atoms with Crippen LogP contribution in [0.4, 0.5) is 0 Å². The lowest BCUT2D eigenvalue weighted by atomic mass is 9.92. The van der Waals surface area contributed by atoms with E-state index in [0.717, 1.165) is 19.4 Å². The summed E-state index contributed by atoms with van der Waals surface area (Å²) in [5.41, 5.74) is -1.11. The fourth-order valence-electron chi connectivity index (χ4n) is 2.01. The Hall–Kier alpha value is -1.10. The van der Waals surface area contributed by atoms with Gasteiger partial charge in [-0.05, 0) is 32.2 Å². The van der Waals surface area contributed by atoms with Gasteiger partial charge in [0.1, 0.15) is 5.54 Å². The molecule has 1 atom stereocenters. The monoisotopic (exact) mass is 228 g/mol. The molecule has 1 aliphatic heterocycles. The molecule has 1 rings (SSSR count). The van der Waals surface area contributed by atoms with Crippen LogP contribution in [0, 0.1) is 0 Å². The van der Waals surface area contributed by atoms with Crippen LogP contribution >= 0.6 is 0 Å². The van der Waals surface area contributed by atoms with E-state index in [1.165, 1.54) is 0 Å². The van der Waals surface area contributed by atoms with Gasteiger partial charge in [0.25, 0.3) is 0 Å². The third-order valence-electron chi connectivity index (χ3n) is 3.36. The molecule has 0 unspecified atom stereocenters. The number of carboxylic acids is 1. The first kappa shape index (κ1) is 13.0. The first-order valence-electron chi connectivity index (χ1n) is 5.84.